The number of aliphatic hydroxyl groups excluding tert-OH is 1. The van der Waals surface area contributed by atoms with Crippen molar-refractivity contribution in [2.75, 3.05) is 6.61 Å². The summed E-state index contributed by atoms with van der Waals surface area (Å²) in [7, 11) is 0. The van der Waals surface area contributed by atoms with E-state index in [2.05, 4.69) is 26.8 Å². The summed E-state index contributed by atoms with van der Waals surface area (Å²) in [5.41, 5.74) is 1.41. The third-order valence-electron chi connectivity index (χ3n) is 4.86. The summed E-state index contributed by atoms with van der Waals surface area (Å²) in [4.78, 5) is 23.5. The molecule has 3 atom stereocenters. The molecule has 0 aromatic rings. The van der Waals surface area contributed by atoms with Gasteiger partial charge in [-0.3, -0.25) is 9.59 Å². The van der Waals surface area contributed by atoms with Crippen LogP contribution in [0.1, 0.15) is 53.9 Å². The Morgan fingerprint density at radius 3 is 2.57 bits per heavy atom. The summed E-state index contributed by atoms with van der Waals surface area (Å²) in [6, 6.07) is 0. The van der Waals surface area contributed by atoms with Crippen LogP contribution in [0.5, 0.6) is 0 Å². The minimum atomic E-state index is -0.795. The lowest BCUT2D eigenvalue weighted by Gasteiger charge is -2.31. The lowest BCUT2D eigenvalue weighted by atomic mass is 9.75. The molecule has 0 saturated carbocycles. The molecule has 0 aliphatic heterocycles. The predicted octanol–water partition coefficient (Wildman–Crippen LogP) is 2.89. The monoisotopic (exact) mass is 296 g/mol. The Morgan fingerprint density at radius 1 is 1.48 bits per heavy atom. The molecule has 0 unspecified atom stereocenters. The van der Waals surface area contributed by atoms with Crippen LogP contribution < -0.4 is 0 Å². The van der Waals surface area contributed by atoms with Crippen molar-refractivity contribution >= 4 is 11.8 Å². The van der Waals surface area contributed by atoms with Crippen molar-refractivity contribution in [2.45, 2.75) is 60.0 Å². The summed E-state index contributed by atoms with van der Waals surface area (Å²) < 4.78 is 4.84. The van der Waals surface area contributed by atoms with Crippen LogP contribution in [-0.2, 0) is 14.3 Å². The third kappa shape index (κ3) is 4.40. The lowest BCUT2D eigenvalue weighted by Crippen LogP contribution is -2.30. The minimum Gasteiger partial charge on any atom is -0.465 e. The molecule has 0 bridgehead atoms. The van der Waals surface area contributed by atoms with Gasteiger partial charge in [0.15, 0.2) is 0 Å². The molecule has 21 heavy (non-hydrogen) atoms. The summed E-state index contributed by atoms with van der Waals surface area (Å²) >= 11 is 0. The van der Waals surface area contributed by atoms with Gasteiger partial charge in [-0.05, 0) is 44.9 Å². The SMILES string of the molecule is CCOC(=O)[C@H](C)C(=O)C[C@@H](O)C[C@@H]1CC=C(C)C1(C)C. The zero-order valence-corrected chi connectivity index (χ0v) is 13.8. The highest BCUT2D eigenvalue weighted by Gasteiger charge is 2.36. The van der Waals surface area contributed by atoms with E-state index in [1.807, 2.05) is 0 Å². The van der Waals surface area contributed by atoms with E-state index in [-0.39, 0.29) is 24.2 Å². The maximum Gasteiger partial charge on any atom is 0.316 e. The van der Waals surface area contributed by atoms with Gasteiger partial charge in [0.25, 0.3) is 0 Å². The highest BCUT2D eigenvalue weighted by molar-refractivity contribution is 5.98. The van der Waals surface area contributed by atoms with Gasteiger partial charge in [-0.2, -0.15) is 0 Å². The molecular formula is C17H28O4. The molecule has 120 valence electrons. The number of rotatable bonds is 7. The van der Waals surface area contributed by atoms with E-state index in [0.29, 0.717) is 12.3 Å². The van der Waals surface area contributed by atoms with Gasteiger partial charge in [-0.1, -0.05) is 25.5 Å². The maximum atomic E-state index is 12.0. The first-order valence-electron chi connectivity index (χ1n) is 7.74. The highest BCUT2D eigenvalue weighted by Crippen LogP contribution is 2.45. The molecule has 0 fully saturated rings. The Morgan fingerprint density at radius 2 is 2.10 bits per heavy atom. The summed E-state index contributed by atoms with van der Waals surface area (Å²) in [6.07, 6.45) is 3.06. The second-order valence-corrected chi connectivity index (χ2v) is 6.58. The number of allylic oxidation sites excluding steroid dienone is 2. The summed E-state index contributed by atoms with van der Waals surface area (Å²) in [6.45, 7) is 9.97. The lowest BCUT2D eigenvalue weighted by molar-refractivity contribution is -0.151. The average Bonchev–Trinajstić information content (AvgIpc) is 2.64. The normalized spacial score (nSPS) is 23.3. The van der Waals surface area contributed by atoms with Crippen LogP contribution in [0.2, 0.25) is 0 Å². The standard InChI is InChI=1S/C17H28O4/c1-6-21-16(20)12(3)15(19)10-14(18)9-13-8-7-11(2)17(13,4)5/h7,12-14,18H,6,8-10H2,1-5H3/t12-,13+,14+/m1/s1. The summed E-state index contributed by atoms with van der Waals surface area (Å²) in [5, 5.41) is 10.2. The first kappa shape index (κ1) is 17.9. The number of carbonyl (C=O) groups is 2. The molecule has 4 nitrogen and oxygen atoms in total. The van der Waals surface area contributed by atoms with E-state index < -0.39 is 18.0 Å². The Kier molecular flexibility index (Phi) is 6.14. The number of hydrogen-bond donors (Lipinski definition) is 1. The van der Waals surface area contributed by atoms with Gasteiger partial charge in [0.1, 0.15) is 11.7 Å². The molecule has 0 heterocycles. The summed E-state index contributed by atoms with van der Waals surface area (Å²) in [5.74, 6) is -1.20. The molecule has 0 saturated heterocycles. The maximum absolute atomic E-state index is 12.0. The van der Waals surface area contributed by atoms with Crippen molar-refractivity contribution in [1.82, 2.24) is 0 Å². The van der Waals surface area contributed by atoms with E-state index >= 15 is 0 Å². The Bertz CT molecular complexity index is 423. The van der Waals surface area contributed by atoms with Crippen molar-refractivity contribution in [3.8, 4) is 0 Å². The van der Waals surface area contributed by atoms with E-state index in [0.717, 1.165) is 6.42 Å². The second-order valence-electron chi connectivity index (χ2n) is 6.58. The van der Waals surface area contributed by atoms with Crippen molar-refractivity contribution in [2.24, 2.45) is 17.3 Å². The van der Waals surface area contributed by atoms with Crippen LogP contribution in [0.3, 0.4) is 0 Å². The topological polar surface area (TPSA) is 63.6 Å². The molecule has 1 rings (SSSR count). The van der Waals surface area contributed by atoms with Gasteiger partial charge in [0.05, 0.1) is 12.7 Å². The predicted molar refractivity (Wildman–Crippen MR) is 81.7 cm³/mol. The van der Waals surface area contributed by atoms with Crippen LogP contribution in [0.15, 0.2) is 11.6 Å². The molecular weight excluding hydrogens is 268 g/mol. The minimum absolute atomic E-state index is 0.0195. The Balaban J connectivity index is 2.49. The largest absolute Gasteiger partial charge is 0.465 e. The fourth-order valence-electron chi connectivity index (χ4n) is 2.81. The molecule has 0 amide bonds. The first-order chi connectivity index (χ1) is 9.70. The molecule has 0 aromatic carbocycles. The van der Waals surface area contributed by atoms with Crippen LogP contribution in [-0.4, -0.2) is 29.6 Å². The molecule has 4 heteroatoms. The molecule has 0 aromatic heterocycles. The zero-order chi connectivity index (χ0) is 16.2. The fourth-order valence-corrected chi connectivity index (χ4v) is 2.81. The van der Waals surface area contributed by atoms with Crippen LogP contribution >= 0.6 is 0 Å². The van der Waals surface area contributed by atoms with Crippen molar-refractivity contribution < 1.29 is 19.4 Å². The zero-order valence-electron chi connectivity index (χ0n) is 13.8. The number of carbonyl (C=O) groups excluding carboxylic acids is 2. The van der Waals surface area contributed by atoms with Crippen LogP contribution in [0.25, 0.3) is 0 Å². The van der Waals surface area contributed by atoms with E-state index in [1.165, 1.54) is 12.5 Å². The molecule has 0 radical (unpaired) electrons. The fraction of sp³-hybridized carbons (Fsp3) is 0.765. The number of aliphatic hydroxyl groups is 1. The van der Waals surface area contributed by atoms with E-state index in [4.69, 9.17) is 4.74 Å². The van der Waals surface area contributed by atoms with Gasteiger partial charge in [0.2, 0.25) is 0 Å². The molecule has 1 aliphatic carbocycles. The van der Waals surface area contributed by atoms with Gasteiger partial charge in [-0.15, -0.1) is 0 Å². The van der Waals surface area contributed by atoms with Crippen molar-refractivity contribution in [3.63, 3.8) is 0 Å². The van der Waals surface area contributed by atoms with Crippen molar-refractivity contribution in [1.29, 1.82) is 0 Å². The van der Waals surface area contributed by atoms with Gasteiger partial charge in [0, 0.05) is 6.42 Å². The van der Waals surface area contributed by atoms with Crippen LogP contribution in [0, 0.1) is 17.3 Å². The number of esters is 1. The number of ketones is 1. The number of ether oxygens (including phenoxy) is 1. The second kappa shape index (κ2) is 7.21. The average molecular weight is 296 g/mol. The van der Waals surface area contributed by atoms with Gasteiger partial charge < -0.3 is 9.84 Å². The van der Waals surface area contributed by atoms with E-state index in [1.54, 1.807) is 6.92 Å². The van der Waals surface area contributed by atoms with Crippen LogP contribution in [0.4, 0.5) is 0 Å². The van der Waals surface area contributed by atoms with Gasteiger partial charge >= 0.3 is 5.97 Å². The molecule has 1 aliphatic rings. The Labute approximate surface area is 127 Å². The van der Waals surface area contributed by atoms with E-state index in [9.17, 15) is 14.7 Å². The quantitative estimate of drug-likeness (QED) is 0.446. The molecule has 0 spiro atoms. The van der Waals surface area contributed by atoms with Crippen molar-refractivity contribution in [3.05, 3.63) is 11.6 Å². The smallest absolute Gasteiger partial charge is 0.316 e. The molecule has 1 N–H and O–H groups in total. The number of hydrogen-bond acceptors (Lipinski definition) is 4. The number of Topliss-reactive ketones (excluding diaryl/α,β-unsaturated/α-hetero) is 1. The Hall–Kier alpha value is -1.16. The van der Waals surface area contributed by atoms with Gasteiger partial charge in [-0.25, -0.2) is 0 Å². The third-order valence-corrected chi connectivity index (χ3v) is 4.86. The first-order valence-corrected chi connectivity index (χ1v) is 7.74. The highest BCUT2D eigenvalue weighted by atomic mass is 16.5.